The third-order valence-corrected chi connectivity index (χ3v) is 3.66. The molecule has 0 aliphatic heterocycles. The number of hydrogen-bond donors (Lipinski definition) is 0. The first-order chi connectivity index (χ1) is 11.7. The highest BCUT2D eigenvalue weighted by molar-refractivity contribution is 7.99. The highest BCUT2D eigenvalue weighted by Gasteiger charge is 2.11. The summed E-state index contributed by atoms with van der Waals surface area (Å²) in [7, 11) is 0. The quantitative estimate of drug-likeness (QED) is 0.668. The average molecular weight is 342 g/mol. The van der Waals surface area contributed by atoms with Crippen molar-refractivity contribution in [1.82, 2.24) is 15.0 Å². The highest BCUT2D eigenvalue weighted by Crippen LogP contribution is 2.31. The third kappa shape index (κ3) is 3.64. The Balaban J connectivity index is 1.89. The van der Waals surface area contributed by atoms with E-state index in [4.69, 9.17) is 10.00 Å². The molecule has 24 heavy (non-hydrogen) atoms. The monoisotopic (exact) mass is 342 g/mol. The molecule has 0 N–H and O–H groups in total. The van der Waals surface area contributed by atoms with Gasteiger partial charge in [-0.15, -0.1) is 0 Å². The van der Waals surface area contributed by atoms with Gasteiger partial charge in [0.2, 0.25) is 0 Å². The Morgan fingerprint density at radius 2 is 1.83 bits per heavy atom. The largest absolute Gasteiger partial charge is 0.454 e. The van der Waals surface area contributed by atoms with Crippen molar-refractivity contribution in [3.63, 3.8) is 0 Å². The summed E-state index contributed by atoms with van der Waals surface area (Å²) < 4.78 is 31.7. The molecule has 0 atom stereocenters. The molecule has 0 aliphatic rings. The van der Waals surface area contributed by atoms with Crippen molar-refractivity contribution < 1.29 is 13.5 Å². The van der Waals surface area contributed by atoms with Crippen LogP contribution in [-0.2, 0) is 0 Å². The first-order valence-corrected chi connectivity index (χ1v) is 7.45. The Hall–Kier alpha value is -3.05. The van der Waals surface area contributed by atoms with E-state index < -0.39 is 11.6 Å². The Labute approximate surface area is 140 Å². The van der Waals surface area contributed by atoms with E-state index in [1.165, 1.54) is 24.0 Å². The standard InChI is InChI=1S/C16H8F2N4OS/c17-12-3-2-10(6-13(12)18)23-15-7-11(9-22-14(15)8-19)24-16-20-4-1-5-21-16/h1-7,9H. The fraction of sp³-hybridized carbons (Fsp3) is 0. The Morgan fingerprint density at radius 3 is 2.54 bits per heavy atom. The van der Waals surface area contributed by atoms with Gasteiger partial charge in [0.05, 0.1) is 0 Å². The molecule has 0 saturated heterocycles. The number of halogens is 2. The summed E-state index contributed by atoms with van der Waals surface area (Å²) in [6.07, 6.45) is 4.69. The number of ether oxygens (including phenoxy) is 1. The van der Waals surface area contributed by atoms with Crippen molar-refractivity contribution in [2.24, 2.45) is 0 Å². The van der Waals surface area contributed by atoms with E-state index in [9.17, 15) is 8.78 Å². The summed E-state index contributed by atoms with van der Waals surface area (Å²) in [5, 5.41) is 9.62. The molecule has 0 spiro atoms. The van der Waals surface area contributed by atoms with E-state index in [0.29, 0.717) is 10.1 Å². The van der Waals surface area contributed by atoms with Crippen molar-refractivity contribution in [2.75, 3.05) is 0 Å². The van der Waals surface area contributed by atoms with E-state index in [1.54, 1.807) is 24.5 Å². The molecule has 3 rings (SSSR count). The summed E-state index contributed by atoms with van der Waals surface area (Å²) >= 11 is 1.23. The van der Waals surface area contributed by atoms with Gasteiger partial charge in [0, 0.05) is 29.6 Å². The third-order valence-electron chi connectivity index (χ3n) is 2.80. The summed E-state index contributed by atoms with van der Waals surface area (Å²) in [6, 6.07) is 8.25. The zero-order chi connectivity index (χ0) is 16.9. The lowest BCUT2D eigenvalue weighted by atomic mass is 10.3. The van der Waals surface area contributed by atoms with Crippen molar-refractivity contribution in [2.45, 2.75) is 10.1 Å². The molecule has 8 heteroatoms. The van der Waals surface area contributed by atoms with Crippen LogP contribution in [0.3, 0.4) is 0 Å². The predicted molar refractivity (Wildman–Crippen MR) is 81.5 cm³/mol. The Morgan fingerprint density at radius 1 is 1.04 bits per heavy atom. The van der Waals surface area contributed by atoms with Gasteiger partial charge in [0.15, 0.2) is 28.2 Å². The second-order valence-corrected chi connectivity index (χ2v) is 5.48. The molecule has 0 unspecified atom stereocenters. The maximum atomic E-state index is 13.3. The molecule has 118 valence electrons. The van der Waals surface area contributed by atoms with E-state index >= 15 is 0 Å². The number of benzene rings is 1. The highest BCUT2D eigenvalue weighted by atomic mass is 32.2. The van der Waals surface area contributed by atoms with Crippen LogP contribution in [0.2, 0.25) is 0 Å². The van der Waals surface area contributed by atoms with Crippen LogP contribution in [0.4, 0.5) is 8.78 Å². The number of nitrogens with zero attached hydrogens (tertiary/aromatic N) is 4. The van der Waals surface area contributed by atoms with Gasteiger partial charge in [-0.2, -0.15) is 5.26 Å². The maximum Gasteiger partial charge on any atom is 0.192 e. The lowest BCUT2D eigenvalue weighted by Gasteiger charge is -2.08. The number of hydrogen-bond acceptors (Lipinski definition) is 6. The molecule has 0 aliphatic carbocycles. The first kappa shape index (κ1) is 15.8. The summed E-state index contributed by atoms with van der Waals surface area (Å²) in [4.78, 5) is 12.8. The minimum atomic E-state index is -1.04. The van der Waals surface area contributed by atoms with Crippen LogP contribution < -0.4 is 4.74 Å². The van der Waals surface area contributed by atoms with Gasteiger partial charge in [0.1, 0.15) is 11.8 Å². The van der Waals surface area contributed by atoms with Crippen LogP contribution in [-0.4, -0.2) is 15.0 Å². The molecule has 0 fully saturated rings. The van der Waals surface area contributed by atoms with Crippen LogP contribution in [0.1, 0.15) is 5.69 Å². The van der Waals surface area contributed by atoms with Crippen LogP contribution in [0, 0.1) is 23.0 Å². The fourth-order valence-corrected chi connectivity index (χ4v) is 2.46. The van der Waals surface area contributed by atoms with Crippen molar-refractivity contribution in [3.05, 3.63) is 66.3 Å². The Bertz CT molecular complexity index is 916. The number of aromatic nitrogens is 3. The van der Waals surface area contributed by atoms with E-state index in [0.717, 1.165) is 12.1 Å². The number of rotatable bonds is 4. The number of pyridine rings is 1. The van der Waals surface area contributed by atoms with Crippen LogP contribution in [0.15, 0.2) is 59.0 Å². The van der Waals surface area contributed by atoms with E-state index in [1.807, 2.05) is 6.07 Å². The van der Waals surface area contributed by atoms with Crippen LogP contribution in [0.5, 0.6) is 11.5 Å². The van der Waals surface area contributed by atoms with Gasteiger partial charge >= 0.3 is 0 Å². The topological polar surface area (TPSA) is 71.7 Å². The second kappa shape index (κ2) is 7.02. The minimum Gasteiger partial charge on any atom is -0.454 e. The van der Waals surface area contributed by atoms with Crippen molar-refractivity contribution in [3.8, 4) is 17.6 Å². The molecule has 0 amide bonds. The van der Waals surface area contributed by atoms with Crippen molar-refractivity contribution in [1.29, 1.82) is 5.26 Å². The van der Waals surface area contributed by atoms with Gasteiger partial charge in [-0.25, -0.2) is 23.7 Å². The Kier molecular flexibility index (Phi) is 4.63. The first-order valence-electron chi connectivity index (χ1n) is 6.63. The molecule has 0 saturated carbocycles. The fourth-order valence-electron chi connectivity index (χ4n) is 1.76. The molecule has 0 radical (unpaired) electrons. The summed E-state index contributed by atoms with van der Waals surface area (Å²) in [6.45, 7) is 0. The molecule has 5 nitrogen and oxygen atoms in total. The minimum absolute atomic E-state index is 0.0260. The summed E-state index contributed by atoms with van der Waals surface area (Å²) in [5.41, 5.74) is 0.0260. The van der Waals surface area contributed by atoms with Crippen LogP contribution in [0.25, 0.3) is 0 Å². The number of nitriles is 1. The molecule has 1 aromatic carbocycles. The normalized spacial score (nSPS) is 10.2. The van der Waals surface area contributed by atoms with E-state index in [2.05, 4.69) is 15.0 Å². The lowest BCUT2D eigenvalue weighted by molar-refractivity contribution is 0.457. The predicted octanol–water partition coefficient (Wildman–Crippen LogP) is 3.96. The van der Waals surface area contributed by atoms with Gasteiger partial charge in [-0.05, 0) is 36.0 Å². The van der Waals surface area contributed by atoms with Gasteiger partial charge < -0.3 is 4.74 Å². The zero-order valence-electron chi connectivity index (χ0n) is 12.0. The molecular formula is C16H8F2N4OS. The molecule has 2 aromatic heterocycles. The second-order valence-electron chi connectivity index (χ2n) is 4.44. The zero-order valence-corrected chi connectivity index (χ0v) is 12.8. The average Bonchev–Trinajstić information content (AvgIpc) is 2.59. The molecule has 2 heterocycles. The van der Waals surface area contributed by atoms with Gasteiger partial charge in [-0.3, -0.25) is 0 Å². The molecular weight excluding hydrogens is 334 g/mol. The maximum absolute atomic E-state index is 13.3. The summed E-state index contributed by atoms with van der Waals surface area (Å²) in [5.74, 6) is -1.83. The van der Waals surface area contributed by atoms with Crippen molar-refractivity contribution >= 4 is 11.8 Å². The lowest BCUT2D eigenvalue weighted by Crippen LogP contribution is -1.94. The van der Waals surface area contributed by atoms with Gasteiger partial charge in [0.25, 0.3) is 0 Å². The smallest absolute Gasteiger partial charge is 0.192 e. The molecule has 3 aromatic rings. The van der Waals surface area contributed by atoms with Crippen LogP contribution >= 0.6 is 11.8 Å². The van der Waals surface area contributed by atoms with E-state index in [-0.39, 0.29) is 17.2 Å². The van der Waals surface area contributed by atoms with Gasteiger partial charge in [-0.1, -0.05) is 0 Å². The molecule has 0 bridgehead atoms. The SMILES string of the molecule is N#Cc1ncc(Sc2ncccn2)cc1Oc1ccc(F)c(F)c1.